The molecule has 0 bridgehead atoms. The molecule has 2 rings (SSSR count). The monoisotopic (exact) mass is 318 g/mol. The van der Waals surface area contributed by atoms with Crippen LogP contribution in [0.15, 0.2) is 36.5 Å². The topological polar surface area (TPSA) is 83.7 Å². The smallest absolute Gasteiger partial charge is 0.412 e. The van der Waals surface area contributed by atoms with E-state index in [1.165, 1.54) is 7.05 Å². The molecule has 1 heterocycles. The van der Waals surface area contributed by atoms with Crippen LogP contribution < -0.4 is 10.4 Å². The maximum Gasteiger partial charge on any atom is 0.412 e. The Morgan fingerprint density at radius 2 is 2.13 bits per heavy atom. The van der Waals surface area contributed by atoms with Crippen LogP contribution in [0.2, 0.25) is 0 Å². The van der Waals surface area contributed by atoms with Crippen LogP contribution >= 0.6 is 0 Å². The van der Waals surface area contributed by atoms with Gasteiger partial charge in [-0.15, -0.1) is 5.10 Å². The first kappa shape index (κ1) is 17.0. The minimum Gasteiger partial charge on any atom is -0.628 e. The molecule has 1 unspecified atom stereocenters. The van der Waals surface area contributed by atoms with Crippen molar-refractivity contribution >= 4 is 17.6 Å². The molecule has 124 valence electrons. The largest absolute Gasteiger partial charge is 0.628 e. The molecule has 7 nitrogen and oxygen atoms in total. The SMILES string of the molecule is C[NH+]([O-])c1ccn(Cc2cccc(NC(=O)OC(C)(C)C)c2)n1. The molecule has 0 aliphatic carbocycles. The van der Waals surface area contributed by atoms with E-state index < -0.39 is 11.7 Å². The molecule has 0 saturated carbocycles. The molecule has 0 aliphatic heterocycles. The summed E-state index contributed by atoms with van der Waals surface area (Å²) in [6.45, 7) is 5.95. The van der Waals surface area contributed by atoms with Gasteiger partial charge in [0.15, 0.2) is 0 Å². The summed E-state index contributed by atoms with van der Waals surface area (Å²) in [5.74, 6) is 0.438. The fourth-order valence-corrected chi connectivity index (χ4v) is 1.99. The van der Waals surface area contributed by atoms with Gasteiger partial charge in [-0.25, -0.2) is 4.79 Å². The Hall–Kier alpha value is -2.38. The van der Waals surface area contributed by atoms with Gasteiger partial charge in [0.2, 0.25) is 5.82 Å². The van der Waals surface area contributed by atoms with Crippen molar-refractivity contribution in [3.8, 4) is 0 Å². The highest BCUT2D eigenvalue weighted by molar-refractivity contribution is 5.84. The van der Waals surface area contributed by atoms with E-state index in [0.717, 1.165) is 5.56 Å². The molecule has 0 saturated heterocycles. The summed E-state index contributed by atoms with van der Waals surface area (Å²) < 4.78 is 6.91. The Bertz CT molecular complexity index is 674. The van der Waals surface area contributed by atoms with Crippen LogP contribution in [0.4, 0.5) is 16.3 Å². The molecule has 1 amide bonds. The third-order valence-corrected chi connectivity index (χ3v) is 2.92. The molecule has 0 aliphatic rings. The van der Waals surface area contributed by atoms with Gasteiger partial charge in [0.25, 0.3) is 0 Å². The minimum absolute atomic E-state index is 0.0657. The highest BCUT2D eigenvalue weighted by Gasteiger charge is 2.16. The molecule has 7 heteroatoms. The van der Waals surface area contributed by atoms with Crippen molar-refractivity contribution < 1.29 is 14.6 Å². The van der Waals surface area contributed by atoms with Crippen molar-refractivity contribution in [1.82, 2.24) is 9.78 Å². The van der Waals surface area contributed by atoms with Gasteiger partial charge in [0.05, 0.1) is 13.6 Å². The summed E-state index contributed by atoms with van der Waals surface area (Å²) in [6.07, 6.45) is 1.26. The van der Waals surface area contributed by atoms with E-state index in [-0.39, 0.29) is 5.06 Å². The molecule has 0 radical (unpaired) electrons. The Balaban J connectivity index is 2.03. The third-order valence-electron chi connectivity index (χ3n) is 2.92. The van der Waals surface area contributed by atoms with Crippen LogP contribution in [-0.4, -0.2) is 28.5 Å². The molecule has 1 atom stereocenters. The Kier molecular flexibility index (Phi) is 5.02. The maximum absolute atomic E-state index is 11.8. The molecule has 0 fully saturated rings. The number of rotatable bonds is 4. The number of benzene rings is 1. The van der Waals surface area contributed by atoms with Gasteiger partial charge in [-0.3, -0.25) is 10.00 Å². The first-order valence-corrected chi connectivity index (χ1v) is 7.36. The van der Waals surface area contributed by atoms with E-state index in [0.29, 0.717) is 18.1 Å². The number of hydrogen-bond acceptors (Lipinski definition) is 4. The average Bonchev–Trinajstić information content (AvgIpc) is 2.85. The average molecular weight is 318 g/mol. The van der Waals surface area contributed by atoms with Crippen molar-refractivity contribution in [3.63, 3.8) is 0 Å². The number of hydroxylamine groups is 1. The highest BCUT2D eigenvalue weighted by atomic mass is 16.6. The van der Waals surface area contributed by atoms with E-state index in [4.69, 9.17) is 4.74 Å². The summed E-state index contributed by atoms with van der Waals surface area (Å²) in [5, 5.41) is 18.1. The lowest BCUT2D eigenvalue weighted by Gasteiger charge is -2.19. The number of aromatic nitrogens is 2. The summed E-state index contributed by atoms with van der Waals surface area (Å²) >= 11 is 0. The van der Waals surface area contributed by atoms with Gasteiger partial charge in [-0.05, 0) is 38.5 Å². The van der Waals surface area contributed by atoms with E-state index in [9.17, 15) is 10.0 Å². The molecular formula is C16H22N4O3. The van der Waals surface area contributed by atoms with Crippen LogP contribution in [0.5, 0.6) is 0 Å². The van der Waals surface area contributed by atoms with Crippen molar-refractivity contribution in [1.29, 1.82) is 0 Å². The molecule has 1 aromatic carbocycles. The van der Waals surface area contributed by atoms with Gasteiger partial charge < -0.3 is 15.0 Å². The van der Waals surface area contributed by atoms with Crippen molar-refractivity contribution in [3.05, 3.63) is 47.3 Å². The van der Waals surface area contributed by atoms with E-state index in [1.54, 1.807) is 23.0 Å². The number of nitrogens with zero attached hydrogens (tertiary/aromatic N) is 2. The minimum atomic E-state index is -0.542. The van der Waals surface area contributed by atoms with Crippen molar-refractivity contribution in [2.24, 2.45) is 0 Å². The number of quaternary nitrogens is 1. The molecule has 1 aromatic heterocycles. The predicted octanol–water partition coefficient (Wildman–Crippen LogP) is 1.92. The van der Waals surface area contributed by atoms with E-state index >= 15 is 0 Å². The fraction of sp³-hybridized carbons (Fsp3) is 0.375. The van der Waals surface area contributed by atoms with E-state index in [1.807, 2.05) is 39.0 Å². The number of nitrogens with one attached hydrogen (secondary N) is 2. The molecule has 2 aromatic rings. The van der Waals surface area contributed by atoms with Gasteiger partial charge in [0.1, 0.15) is 5.60 Å². The quantitative estimate of drug-likeness (QED) is 0.844. The number of hydrogen-bond donors (Lipinski definition) is 2. The van der Waals surface area contributed by atoms with Gasteiger partial charge in [-0.2, -0.15) is 0 Å². The van der Waals surface area contributed by atoms with Crippen LogP contribution in [-0.2, 0) is 11.3 Å². The fourth-order valence-electron chi connectivity index (χ4n) is 1.99. The molecular weight excluding hydrogens is 296 g/mol. The second-order valence-corrected chi connectivity index (χ2v) is 6.28. The van der Waals surface area contributed by atoms with Crippen molar-refractivity contribution in [2.75, 3.05) is 12.4 Å². The van der Waals surface area contributed by atoms with Gasteiger partial charge in [0, 0.05) is 18.0 Å². The van der Waals surface area contributed by atoms with Crippen LogP contribution in [0.3, 0.4) is 0 Å². The number of carbonyl (C=O) groups excluding carboxylic acids is 1. The van der Waals surface area contributed by atoms with E-state index in [2.05, 4.69) is 10.4 Å². The first-order chi connectivity index (χ1) is 10.7. The molecule has 0 spiro atoms. The summed E-state index contributed by atoms with van der Waals surface area (Å²) in [5.41, 5.74) is 1.06. The van der Waals surface area contributed by atoms with Gasteiger partial charge >= 0.3 is 6.09 Å². The lowest BCUT2D eigenvalue weighted by Crippen LogP contribution is -2.98. The maximum atomic E-state index is 11.8. The Morgan fingerprint density at radius 1 is 1.39 bits per heavy atom. The summed E-state index contributed by atoms with van der Waals surface area (Å²) in [4.78, 5) is 11.8. The Labute approximate surface area is 135 Å². The van der Waals surface area contributed by atoms with Crippen LogP contribution in [0.1, 0.15) is 26.3 Å². The van der Waals surface area contributed by atoms with Gasteiger partial charge in [-0.1, -0.05) is 12.1 Å². The lowest BCUT2D eigenvalue weighted by molar-refractivity contribution is -0.754. The Morgan fingerprint density at radius 3 is 2.74 bits per heavy atom. The molecule has 2 N–H and O–H groups in total. The summed E-state index contributed by atoms with van der Waals surface area (Å²) in [6, 6.07) is 9.09. The third kappa shape index (κ3) is 5.39. The second kappa shape index (κ2) is 6.80. The predicted molar refractivity (Wildman–Crippen MR) is 87.5 cm³/mol. The first-order valence-electron chi connectivity index (χ1n) is 7.36. The van der Waals surface area contributed by atoms with Crippen molar-refractivity contribution in [2.45, 2.75) is 32.9 Å². The zero-order chi connectivity index (χ0) is 17.0. The second-order valence-electron chi connectivity index (χ2n) is 6.28. The molecule has 23 heavy (non-hydrogen) atoms. The number of amides is 1. The van der Waals surface area contributed by atoms with Crippen LogP contribution in [0.25, 0.3) is 0 Å². The standard InChI is InChI=1S/C16H22N4O3/c1-16(2,3)23-15(21)17-13-7-5-6-12(10-13)11-20-9-8-14(18-20)19(4)22/h5-10,19H,11H2,1-4H3,(H,17,21). The summed E-state index contributed by atoms with van der Waals surface area (Å²) in [7, 11) is 1.48. The zero-order valence-electron chi connectivity index (χ0n) is 13.8. The highest BCUT2D eigenvalue weighted by Crippen LogP contribution is 2.14. The number of ether oxygens (including phenoxy) is 1. The zero-order valence-corrected chi connectivity index (χ0v) is 13.8. The number of carbonyl (C=O) groups is 1. The number of anilines is 1. The normalized spacial score (nSPS) is 12.7. The van der Waals surface area contributed by atoms with Crippen LogP contribution in [0, 0.1) is 5.21 Å². The lowest BCUT2D eigenvalue weighted by atomic mass is 10.2.